The standard InChI is InChI=1S/2C5H5.2CH3.Ti/c2*1-2-4-5-3-1;;;/h2*1-2,5H,3H2;2*1H3;/q4*-1;+4. The van der Waals surface area contributed by atoms with Crippen molar-refractivity contribution < 1.29 is 21.7 Å². The molecule has 0 nitrogen and oxygen atoms in total. The molecule has 2 aliphatic rings. The van der Waals surface area contributed by atoms with E-state index < -0.39 is 0 Å². The first-order valence-corrected chi connectivity index (χ1v) is 3.45. The molecule has 1 heteroatoms. The largest absolute Gasteiger partial charge is 4.00 e. The monoisotopic (exact) mass is 208 g/mol. The van der Waals surface area contributed by atoms with E-state index in [4.69, 9.17) is 0 Å². The Morgan fingerprint density at radius 1 is 0.769 bits per heavy atom. The van der Waals surface area contributed by atoms with E-state index in [0.717, 1.165) is 12.8 Å². The molecule has 2 aliphatic carbocycles. The maximum Gasteiger partial charge on any atom is 4.00 e. The van der Waals surface area contributed by atoms with Crippen molar-refractivity contribution in [1.82, 2.24) is 0 Å². The van der Waals surface area contributed by atoms with Crippen molar-refractivity contribution in [3.05, 3.63) is 63.5 Å². The second-order valence-electron chi connectivity index (χ2n) is 2.02. The van der Waals surface area contributed by atoms with Crippen LogP contribution in [0.3, 0.4) is 0 Å². The summed E-state index contributed by atoms with van der Waals surface area (Å²) in [4.78, 5) is 0. The number of hydrogen-bond acceptors (Lipinski definition) is 0. The maximum absolute atomic E-state index is 2.92. The van der Waals surface area contributed by atoms with Crippen molar-refractivity contribution >= 4 is 0 Å². The van der Waals surface area contributed by atoms with Crippen molar-refractivity contribution in [2.75, 3.05) is 0 Å². The molecule has 0 fully saturated rings. The zero-order valence-electron chi connectivity index (χ0n) is 8.38. The minimum atomic E-state index is 0. The second-order valence-corrected chi connectivity index (χ2v) is 2.02. The normalized spacial score (nSPS) is 13.5. The molecule has 0 radical (unpaired) electrons. The molecule has 0 saturated carbocycles. The third kappa shape index (κ3) is 11.7. The minimum absolute atomic E-state index is 0. The van der Waals surface area contributed by atoms with Crippen LogP contribution in [-0.2, 0) is 21.7 Å². The van der Waals surface area contributed by atoms with E-state index in [0.29, 0.717) is 0 Å². The summed E-state index contributed by atoms with van der Waals surface area (Å²) in [5.74, 6) is 0. The van der Waals surface area contributed by atoms with Gasteiger partial charge in [0.25, 0.3) is 0 Å². The van der Waals surface area contributed by atoms with Crippen LogP contribution in [-0.4, -0.2) is 0 Å². The van der Waals surface area contributed by atoms with Crippen molar-refractivity contribution in [2.24, 2.45) is 0 Å². The van der Waals surface area contributed by atoms with Crippen LogP contribution in [0.1, 0.15) is 12.8 Å². The first-order valence-electron chi connectivity index (χ1n) is 3.45. The van der Waals surface area contributed by atoms with Gasteiger partial charge in [-0.25, -0.2) is 24.3 Å². The van der Waals surface area contributed by atoms with Gasteiger partial charge in [0.1, 0.15) is 0 Å². The van der Waals surface area contributed by atoms with Gasteiger partial charge in [0.15, 0.2) is 0 Å². The molecule has 0 spiro atoms. The smallest absolute Gasteiger partial charge is 0.358 e. The molecule has 68 valence electrons. The van der Waals surface area contributed by atoms with E-state index in [1.165, 1.54) is 0 Å². The minimum Gasteiger partial charge on any atom is -0.358 e. The van der Waals surface area contributed by atoms with E-state index in [-0.39, 0.29) is 36.6 Å². The van der Waals surface area contributed by atoms with Crippen LogP contribution in [0.5, 0.6) is 0 Å². The zero-order chi connectivity index (χ0) is 7.07. The molecule has 13 heavy (non-hydrogen) atoms. The summed E-state index contributed by atoms with van der Waals surface area (Å²) >= 11 is 0. The van der Waals surface area contributed by atoms with Crippen LogP contribution in [0, 0.1) is 27.0 Å². The van der Waals surface area contributed by atoms with Crippen molar-refractivity contribution in [2.45, 2.75) is 12.8 Å². The quantitative estimate of drug-likeness (QED) is 0.422. The van der Waals surface area contributed by atoms with Crippen LogP contribution in [0.2, 0.25) is 0 Å². The fourth-order valence-electron chi connectivity index (χ4n) is 0.680. The van der Waals surface area contributed by atoms with E-state index >= 15 is 0 Å². The number of allylic oxidation sites excluding steroid dienone is 8. The third-order valence-corrected chi connectivity index (χ3v) is 1.17. The van der Waals surface area contributed by atoms with Crippen molar-refractivity contribution in [1.29, 1.82) is 0 Å². The van der Waals surface area contributed by atoms with E-state index in [1.807, 2.05) is 24.3 Å². The fourth-order valence-corrected chi connectivity index (χ4v) is 0.680. The Morgan fingerprint density at radius 2 is 1.15 bits per heavy atom. The average molecular weight is 208 g/mol. The van der Waals surface area contributed by atoms with Crippen LogP contribution in [0.15, 0.2) is 36.5 Å². The molecule has 0 N–H and O–H groups in total. The van der Waals surface area contributed by atoms with Crippen molar-refractivity contribution in [3.63, 3.8) is 0 Å². The summed E-state index contributed by atoms with van der Waals surface area (Å²) < 4.78 is 0. The molecular formula is C12H16Ti. The van der Waals surface area contributed by atoms with Gasteiger partial charge >= 0.3 is 21.7 Å². The topological polar surface area (TPSA) is 0 Å². The second kappa shape index (κ2) is 14.2. The molecule has 0 aromatic carbocycles. The van der Waals surface area contributed by atoms with Gasteiger partial charge in [-0.15, -0.1) is 12.8 Å². The van der Waals surface area contributed by atoms with Crippen LogP contribution in [0.4, 0.5) is 0 Å². The summed E-state index contributed by atoms with van der Waals surface area (Å²) in [5, 5.41) is 0. The molecule has 2 rings (SSSR count). The summed E-state index contributed by atoms with van der Waals surface area (Å²) in [6.07, 6.45) is 20.0. The number of rotatable bonds is 0. The van der Waals surface area contributed by atoms with Gasteiger partial charge in [-0.1, -0.05) is 0 Å². The van der Waals surface area contributed by atoms with Gasteiger partial charge in [-0.3, -0.25) is 12.2 Å². The summed E-state index contributed by atoms with van der Waals surface area (Å²) in [7, 11) is 0. The van der Waals surface area contributed by atoms with Gasteiger partial charge in [0, 0.05) is 0 Å². The Morgan fingerprint density at radius 3 is 1.23 bits per heavy atom. The van der Waals surface area contributed by atoms with Crippen molar-refractivity contribution in [3.8, 4) is 0 Å². The molecular weight excluding hydrogens is 192 g/mol. The van der Waals surface area contributed by atoms with Gasteiger partial charge in [0.2, 0.25) is 0 Å². The molecule has 0 heterocycles. The van der Waals surface area contributed by atoms with Gasteiger partial charge in [0.05, 0.1) is 0 Å². The van der Waals surface area contributed by atoms with Gasteiger partial charge < -0.3 is 14.9 Å². The molecule has 0 aromatic heterocycles. The Bertz CT molecular complexity index is 143. The summed E-state index contributed by atoms with van der Waals surface area (Å²) in [5.41, 5.74) is 0. The average Bonchev–Trinajstić information content (AvgIpc) is 2.67. The summed E-state index contributed by atoms with van der Waals surface area (Å²) in [6, 6.07) is 0. The third-order valence-electron chi connectivity index (χ3n) is 1.17. The Labute approximate surface area is 98.0 Å². The molecule has 0 aromatic rings. The first kappa shape index (κ1) is 18.5. The Hall–Kier alpha value is -0.326. The molecule has 0 bridgehead atoms. The number of hydrogen-bond donors (Lipinski definition) is 0. The molecule has 0 atom stereocenters. The van der Waals surface area contributed by atoms with Crippen LogP contribution in [0.25, 0.3) is 0 Å². The predicted octanol–water partition coefficient (Wildman–Crippen LogP) is 3.51. The van der Waals surface area contributed by atoms with Gasteiger partial charge in [-0.2, -0.15) is 12.2 Å². The fraction of sp³-hybridized carbons (Fsp3) is 0.167. The SMILES string of the molecule is [C-]1=CCC=C1.[C-]1=CCC=C1.[CH3-].[CH3-].[Ti+4]. The molecule has 0 unspecified atom stereocenters. The molecule has 0 saturated heterocycles. The Balaban J connectivity index is -0.000000125. The van der Waals surface area contributed by atoms with E-state index in [2.05, 4.69) is 24.3 Å². The first-order chi connectivity index (χ1) is 5.00. The van der Waals surface area contributed by atoms with E-state index in [9.17, 15) is 0 Å². The summed E-state index contributed by atoms with van der Waals surface area (Å²) in [6.45, 7) is 0. The predicted molar refractivity (Wildman–Crippen MR) is 56.0 cm³/mol. The van der Waals surface area contributed by atoms with Crippen LogP contribution >= 0.6 is 0 Å². The molecule has 0 amide bonds. The van der Waals surface area contributed by atoms with E-state index in [1.54, 1.807) is 0 Å². The maximum atomic E-state index is 2.92. The zero-order valence-corrected chi connectivity index (χ0v) is 9.94. The van der Waals surface area contributed by atoms with Crippen LogP contribution < -0.4 is 0 Å². The van der Waals surface area contributed by atoms with Gasteiger partial charge in [-0.05, 0) is 0 Å². The molecule has 0 aliphatic heterocycles. The Kier molecular flexibility index (Phi) is 20.2.